The molecule has 1 aromatic carbocycles. The van der Waals surface area contributed by atoms with E-state index in [0.29, 0.717) is 18.8 Å². The number of hydrogen-bond acceptors (Lipinski definition) is 4. The average molecular weight is 275 g/mol. The molecule has 2 N–H and O–H groups in total. The van der Waals surface area contributed by atoms with E-state index in [1.807, 2.05) is 24.3 Å². The second-order valence-electron chi connectivity index (χ2n) is 4.27. The van der Waals surface area contributed by atoms with Gasteiger partial charge < -0.3 is 15.4 Å². The smallest absolute Gasteiger partial charge is 0.169 e. The number of para-hydroxylation sites is 2. The molecule has 5 heteroatoms. The average Bonchev–Trinajstić information content (AvgIpc) is 2.49. The van der Waals surface area contributed by atoms with Crippen LogP contribution >= 0.6 is 0 Å². The molecule has 0 bridgehead atoms. The number of nitrogens with zero attached hydrogens (tertiary/aromatic N) is 2. The maximum atomic E-state index is 14.0. The van der Waals surface area contributed by atoms with Gasteiger partial charge >= 0.3 is 0 Å². The maximum Gasteiger partial charge on any atom is 0.169 e. The molecule has 2 rings (SSSR count). The van der Waals surface area contributed by atoms with Crippen molar-refractivity contribution < 1.29 is 9.13 Å². The Kier molecular flexibility index (Phi) is 4.90. The Hall–Kier alpha value is -2.14. The van der Waals surface area contributed by atoms with Gasteiger partial charge in [0.1, 0.15) is 5.75 Å². The molecular weight excluding hydrogens is 257 g/mol. The third kappa shape index (κ3) is 3.05. The minimum Gasteiger partial charge on any atom is -0.495 e. The first-order valence-electron chi connectivity index (χ1n) is 6.49. The predicted molar refractivity (Wildman–Crippen MR) is 77.9 cm³/mol. The van der Waals surface area contributed by atoms with Crippen LogP contribution < -0.4 is 15.4 Å². The van der Waals surface area contributed by atoms with Gasteiger partial charge in [0, 0.05) is 12.7 Å². The van der Waals surface area contributed by atoms with Gasteiger partial charge in [0.15, 0.2) is 11.6 Å². The number of rotatable bonds is 6. The highest BCUT2D eigenvalue weighted by molar-refractivity contribution is 5.67. The Bertz CT molecular complexity index is 562. The van der Waals surface area contributed by atoms with Crippen molar-refractivity contribution in [2.45, 2.75) is 6.42 Å². The number of anilines is 2. The van der Waals surface area contributed by atoms with Crippen LogP contribution in [-0.4, -0.2) is 25.2 Å². The van der Waals surface area contributed by atoms with Crippen molar-refractivity contribution in [1.29, 1.82) is 0 Å². The summed E-state index contributed by atoms with van der Waals surface area (Å²) in [4.78, 5) is 5.93. The van der Waals surface area contributed by atoms with Gasteiger partial charge in [-0.05, 0) is 37.2 Å². The summed E-state index contributed by atoms with van der Waals surface area (Å²) in [6, 6.07) is 10.4. The molecule has 4 nitrogen and oxygen atoms in total. The van der Waals surface area contributed by atoms with Gasteiger partial charge in [0.25, 0.3) is 0 Å². The third-order valence-corrected chi connectivity index (χ3v) is 2.96. The molecule has 106 valence electrons. The number of ether oxygens (including phenoxy) is 1. The highest BCUT2D eigenvalue weighted by atomic mass is 19.1. The van der Waals surface area contributed by atoms with Crippen LogP contribution in [0.1, 0.15) is 6.42 Å². The fourth-order valence-electron chi connectivity index (χ4n) is 2.02. The Labute approximate surface area is 118 Å². The van der Waals surface area contributed by atoms with Gasteiger partial charge in [0.05, 0.1) is 12.8 Å². The Morgan fingerprint density at radius 2 is 2.05 bits per heavy atom. The fourth-order valence-corrected chi connectivity index (χ4v) is 2.02. The van der Waals surface area contributed by atoms with Crippen LogP contribution in [0.3, 0.4) is 0 Å². The minimum atomic E-state index is -0.365. The van der Waals surface area contributed by atoms with E-state index in [-0.39, 0.29) is 11.6 Å². The zero-order valence-corrected chi connectivity index (χ0v) is 11.4. The van der Waals surface area contributed by atoms with Crippen LogP contribution in [0.25, 0.3) is 0 Å². The molecule has 1 heterocycles. The molecule has 0 aliphatic rings. The Balaban J connectivity index is 2.44. The van der Waals surface area contributed by atoms with E-state index < -0.39 is 0 Å². The van der Waals surface area contributed by atoms with Gasteiger partial charge in [-0.1, -0.05) is 12.1 Å². The molecule has 0 aliphatic heterocycles. The molecule has 0 aliphatic carbocycles. The topological polar surface area (TPSA) is 51.4 Å². The first-order valence-corrected chi connectivity index (χ1v) is 6.49. The summed E-state index contributed by atoms with van der Waals surface area (Å²) in [5.74, 6) is 0.593. The quantitative estimate of drug-likeness (QED) is 0.880. The molecule has 0 fully saturated rings. The lowest BCUT2D eigenvalue weighted by Gasteiger charge is -2.25. The number of halogens is 1. The zero-order valence-electron chi connectivity index (χ0n) is 11.4. The first kappa shape index (κ1) is 14.3. The van der Waals surface area contributed by atoms with Gasteiger partial charge in [-0.25, -0.2) is 9.37 Å². The minimum absolute atomic E-state index is 0.283. The van der Waals surface area contributed by atoms with Gasteiger partial charge in [-0.3, -0.25) is 0 Å². The highest BCUT2D eigenvalue weighted by Gasteiger charge is 2.17. The molecule has 1 aromatic heterocycles. The molecular formula is C15H18FN3O. The van der Waals surface area contributed by atoms with Crippen LogP contribution in [0.5, 0.6) is 5.75 Å². The zero-order chi connectivity index (χ0) is 14.4. The molecule has 0 radical (unpaired) electrons. The van der Waals surface area contributed by atoms with E-state index in [4.69, 9.17) is 10.5 Å². The number of hydrogen-bond donors (Lipinski definition) is 1. The lowest BCUT2D eigenvalue weighted by Crippen LogP contribution is -2.23. The summed E-state index contributed by atoms with van der Waals surface area (Å²) in [6.45, 7) is 1.10. The number of benzene rings is 1. The van der Waals surface area contributed by atoms with E-state index in [1.165, 1.54) is 6.07 Å². The molecule has 2 aromatic rings. The summed E-state index contributed by atoms with van der Waals surface area (Å²) in [5, 5.41) is 0. The summed E-state index contributed by atoms with van der Waals surface area (Å²) in [5.41, 5.74) is 6.35. The molecule has 0 spiro atoms. The van der Waals surface area contributed by atoms with Crippen LogP contribution in [0.4, 0.5) is 15.9 Å². The number of nitrogens with two attached hydrogens (primary N) is 1. The predicted octanol–water partition coefficient (Wildman–Crippen LogP) is 2.72. The summed E-state index contributed by atoms with van der Waals surface area (Å²) in [7, 11) is 1.59. The highest BCUT2D eigenvalue weighted by Crippen LogP contribution is 2.33. The van der Waals surface area contributed by atoms with Crippen molar-refractivity contribution in [1.82, 2.24) is 4.98 Å². The van der Waals surface area contributed by atoms with Gasteiger partial charge in [-0.15, -0.1) is 0 Å². The van der Waals surface area contributed by atoms with E-state index in [0.717, 1.165) is 12.1 Å². The second kappa shape index (κ2) is 6.86. The van der Waals surface area contributed by atoms with E-state index in [2.05, 4.69) is 4.98 Å². The second-order valence-corrected chi connectivity index (χ2v) is 4.27. The number of pyridine rings is 1. The van der Waals surface area contributed by atoms with Crippen LogP contribution in [0.2, 0.25) is 0 Å². The van der Waals surface area contributed by atoms with E-state index in [9.17, 15) is 4.39 Å². The van der Waals surface area contributed by atoms with Crippen LogP contribution in [-0.2, 0) is 0 Å². The summed E-state index contributed by atoms with van der Waals surface area (Å²) in [6.07, 6.45) is 2.30. The molecule has 0 atom stereocenters. The van der Waals surface area contributed by atoms with Gasteiger partial charge in [-0.2, -0.15) is 0 Å². The number of methoxy groups -OCH3 is 1. The largest absolute Gasteiger partial charge is 0.495 e. The van der Waals surface area contributed by atoms with E-state index in [1.54, 1.807) is 24.3 Å². The fraction of sp³-hybridized carbons (Fsp3) is 0.267. The molecule has 0 saturated heterocycles. The van der Waals surface area contributed by atoms with Crippen molar-refractivity contribution in [3.05, 3.63) is 48.4 Å². The molecule has 20 heavy (non-hydrogen) atoms. The van der Waals surface area contributed by atoms with Crippen molar-refractivity contribution in [3.63, 3.8) is 0 Å². The molecule has 0 unspecified atom stereocenters. The van der Waals surface area contributed by atoms with Crippen LogP contribution in [0.15, 0.2) is 42.6 Å². The van der Waals surface area contributed by atoms with Crippen LogP contribution in [0, 0.1) is 5.82 Å². The Morgan fingerprint density at radius 1 is 1.25 bits per heavy atom. The van der Waals surface area contributed by atoms with Gasteiger partial charge in [0.2, 0.25) is 0 Å². The third-order valence-electron chi connectivity index (χ3n) is 2.96. The van der Waals surface area contributed by atoms with E-state index >= 15 is 0 Å². The summed E-state index contributed by atoms with van der Waals surface area (Å²) >= 11 is 0. The maximum absolute atomic E-state index is 14.0. The summed E-state index contributed by atoms with van der Waals surface area (Å²) < 4.78 is 19.4. The van der Waals surface area contributed by atoms with Crippen molar-refractivity contribution in [2.75, 3.05) is 25.1 Å². The Morgan fingerprint density at radius 3 is 2.75 bits per heavy atom. The normalized spacial score (nSPS) is 10.3. The van der Waals surface area contributed by atoms with Crippen molar-refractivity contribution in [2.24, 2.45) is 5.73 Å². The standard InChI is InChI=1S/C15H18FN3O/c1-20-14-8-3-2-7-13(14)19(11-5-9-17)15-12(16)6-4-10-18-15/h2-4,6-8,10H,5,9,11,17H2,1H3. The molecule has 0 amide bonds. The van der Waals surface area contributed by atoms with Crippen molar-refractivity contribution >= 4 is 11.5 Å². The number of aromatic nitrogens is 1. The van der Waals surface area contributed by atoms with Crippen molar-refractivity contribution in [3.8, 4) is 5.75 Å². The first-order chi connectivity index (χ1) is 9.77. The molecule has 0 saturated carbocycles. The lowest BCUT2D eigenvalue weighted by molar-refractivity contribution is 0.415. The monoisotopic (exact) mass is 275 g/mol. The lowest BCUT2D eigenvalue weighted by atomic mass is 10.2. The SMILES string of the molecule is COc1ccccc1N(CCCN)c1ncccc1F.